The van der Waals surface area contributed by atoms with Crippen LogP contribution in [0.15, 0.2) is 12.1 Å². The molecule has 1 aromatic heterocycles. The van der Waals surface area contributed by atoms with Gasteiger partial charge >= 0.3 is 0 Å². The lowest BCUT2D eigenvalue weighted by Crippen LogP contribution is -2.44. The molecular formula is C12H18N2OS2. The number of rotatable bonds is 5. The smallest absolute Gasteiger partial charge is 0.232 e. The predicted octanol–water partition coefficient (Wildman–Crippen LogP) is 2.24. The summed E-state index contributed by atoms with van der Waals surface area (Å²) in [6, 6.07) is 4.13. The highest BCUT2D eigenvalue weighted by molar-refractivity contribution is 7.80. The molecule has 1 aromatic rings. The maximum absolute atomic E-state index is 11.9. The van der Waals surface area contributed by atoms with Crippen molar-refractivity contribution in [2.75, 3.05) is 0 Å². The number of thiocarbonyl (C=S) groups is 1. The van der Waals surface area contributed by atoms with Crippen LogP contribution in [0.25, 0.3) is 0 Å². The molecule has 0 aliphatic heterocycles. The lowest BCUT2D eigenvalue weighted by Gasteiger charge is -2.21. The molecule has 3 N–H and O–H groups in total. The second-order valence-electron chi connectivity index (χ2n) is 4.39. The molecule has 0 atom stereocenters. The van der Waals surface area contributed by atoms with Gasteiger partial charge in [0, 0.05) is 9.75 Å². The molecule has 3 nitrogen and oxygen atoms in total. The molecule has 0 bridgehead atoms. The first kappa shape index (κ1) is 14.1. The Balaban J connectivity index is 2.56. The van der Waals surface area contributed by atoms with E-state index in [1.54, 1.807) is 25.2 Å². The molecule has 0 saturated carbocycles. The SMILES string of the molecule is CCc1ccc(CNC(=O)C(C)(C)C(N)=S)s1. The first-order chi connectivity index (χ1) is 7.87. The number of hydrogen-bond donors (Lipinski definition) is 2. The number of amides is 1. The number of hydrogen-bond acceptors (Lipinski definition) is 3. The minimum Gasteiger partial charge on any atom is -0.392 e. The van der Waals surface area contributed by atoms with E-state index in [1.807, 2.05) is 6.07 Å². The number of carbonyl (C=O) groups is 1. The Morgan fingerprint density at radius 3 is 2.53 bits per heavy atom. The largest absolute Gasteiger partial charge is 0.392 e. The van der Waals surface area contributed by atoms with Gasteiger partial charge in [0.05, 0.1) is 16.9 Å². The van der Waals surface area contributed by atoms with Crippen LogP contribution >= 0.6 is 23.6 Å². The highest BCUT2D eigenvalue weighted by Crippen LogP contribution is 2.19. The first-order valence-corrected chi connectivity index (χ1v) is 6.76. The van der Waals surface area contributed by atoms with Gasteiger partial charge in [-0.3, -0.25) is 4.79 Å². The minimum absolute atomic E-state index is 0.128. The summed E-state index contributed by atoms with van der Waals surface area (Å²) in [4.78, 5) is 14.6. The molecule has 0 aliphatic carbocycles. The summed E-state index contributed by atoms with van der Waals surface area (Å²) >= 11 is 6.60. The van der Waals surface area contributed by atoms with Gasteiger partial charge in [0.2, 0.25) is 5.91 Å². The monoisotopic (exact) mass is 270 g/mol. The van der Waals surface area contributed by atoms with Crippen molar-refractivity contribution in [3.63, 3.8) is 0 Å². The van der Waals surface area contributed by atoms with Gasteiger partial charge in [-0.2, -0.15) is 0 Å². The summed E-state index contributed by atoms with van der Waals surface area (Å²) in [5.74, 6) is -0.128. The van der Waals surface area contributed by atoms with E-state index in [4.69, 9.17) is 18.0 Å². The van der Waals surface area contributed by atoms with Crippen molar-refractivity contribution in [2.24, 2.45) is 11.1 Å². The fourth-order valence-corrected chi connectivity index (χ4v) is 2.20. The van der Waals surface area contributed by atoms with Crippen LogP contribution in [0.3, 0.4) is 0 Å². The standard InChI is InChI=1S/C12H18N2OS2/c1-4-8-5-6-9(17-8)7-14-11(15)12(2,3)10(13)16/h5-6H,4,7H2,1-3H3,(H2,13,16)(H,14,15). The van der Waals surface area contributed by atoms with Crippen LogP contribution in [0.4, 0.5) is 0 Å². The normalized spacial score (nSPS) is 11.2. The molecule has 0 aliphatic rings. The second kappa shape index (κ2) is 5.60. The van der Waals surface area contributed by atoms with Gasteiger partial charge in [-0.1, -0.05) is 19.1 Å². The molecule has 0 unspecified atom stereocenters. The third-order valence-electron chi connectivity index (χ3n) is 2.67. The molecule has 1 rings (SSSR count). The average Bonchev–Trinajstić information content (AvgIpc) is 2.73. The average molecular weight is 270 g/mol. The van der Waals surface area contributed by atoms with E-state index in [9.17, 15) is 4.79 Å². The van der Waals surface area contributed by atoms with Crippen LogP contribution in [0.1, 0.15) is 30.5 Å². The van der Waals surface area contributed by atoms with Crippen molar-refractivity contribution in [3.8, 4) is 0 Å². The summed E-state index contributed by atoms with van der Waals surface area (Å²) in [6.07, 6.45) is 1.02. The lowest BCUT2D eigenvalue weighted by molar-refractivity contribution is -0.126. The number of aryl methyl sites for hydroxylation is 1. The zero-order valence-electron chi connectivity index (χ0n) is 10.4. The maximum atomic E-state index is 11.9. The highest BCUT2D eigenvalue weighted by atomic mass is 32.1. The second-order valence-corrected chi connectivity index (χ2v) is 6.09. The van der Waals surface area contributed by atoms with Crippen molar-refractivity contribution < 1.29 is 4.79 Å². The molecule has 0 spiro atoms. The number of thiophene rings is 1. The molecule has 17 heavy (non-hydrogen) atoms. The number of nitrogens with one attached hydrogen (secondary N) is 1. The maximum Gasteiger partial charge on any atom is 0.232 e. The Labute approximate surface area is 111 Å². The van der Waals surface area contributed by atoms with Crippen LogP contribution in [0, 0.1) is 5.41 Å². The van der Waals surface area contributed by atoms with E-state index in [0.717, 1.165) is 11.3 Å². The van der Waals surface area contributed by atoms with E-state index in [2.05, 4.69) is 18.3 Å². The van der Waals surface area contributed by atoms with Crippen LogP contribution in [-0.4, -0.2) is 10.9 Å². The Bertz CT molecular complexity index is 424. The quantitative estimate of drug-likeness (QED) is 0.807. The van der Waals surface area contributed by atoms with Crippen LogP contribution < -0.4 is 11.1 Å². The predicted molar refractivity (Wildman–Crippen MR) is 76.1 cm³/mol. The topological polar surface area (TPSA) is 55.1 Å². The van der Waals surface area contributed by atoms with Crippen LogP contribution in [-0.2, 0) is 17.8 Å². The molecule has 5 heteroatoms. The zero-order chi connectivity index (χ0) is 13.1. The first-order valence-electron chi connectivity index (χ1n) is 5.53. The highest BCUT2D eigenvalue weighted by Gasteiger charge is 2.30. The minimum atomic E-state index is -0.791. The zero-order valence-corrected chi connectivity index (χ0v) is 12.0. The van der Waals surface area contributed by atoms with Gasteiger partial charge in [0.1, 0.15) is 0 Å². The van der Waals surface area contributed by atoms with Gasteiger partial charge in [-0.05, 0) is 32.4 Å². The van der Waals surface area contributed by atoms with E-state index in [-0.39, 0.29) is 10.9 Å². The van der Waals surface area contributed by atoms with E-state index in [0.29, 0.717) is 6.54 Å². The van der Waals surface area contributed by atoms with E-state index >= 15 is 0 Å². The van der Waals surface area contributed by atoms with Crippen molar-refractivity contribution in [1.82, 2.24) is 5.32 Å². The van der Waals surface area contributed by atoms with Crippen LogP contribution in [0.2, 0.25) is 0 Å². The lowest BCUT2D eigenvalue weighted by atomic mass is 9.92. The molecule has 0 saturated heterocycles. The van der Waals surface area contributed by atoms with Gasteiger partial charge in [0.25, 0.3) is 0 Å². The van der Waals surface area contributed by atoms with Crippen LogP contribution in [0.5, 0.6) is 0 Å². The third-order valence-corrected chi connectivity index (χ3v) is 4.41. The molecule has 0 radical (unpaired) electrons. The Hall–Kier alpha value is -0.940. The Morgan fingerprint density at radius 1 is 1.47 bits per heavy atom. The van der Waals surface area contributed by atoms with Gasteiger partial charge in [0.15, 0.2) is 0 Å². The molecule has 1 amide bonds. The summed E-state index contributed by atoms with van der Waals surface area (Å²) < 4.78 is 0. The molecule has 0 aromatic carbocycles. The Kier molecular flexibility index (Phi) is 4.65. The van der Waals surface area contributed by atoms with Gasteiger partial charge in [-0.15, -0.1) is 11.3 Å². The Morgan fingerprint density at radius 2 is 2.06 bits per heavy atom. The summed E-state index contributed by atoms with van der Waals surface area (Å²) in [5, 5.41) is 2.86. The summed E-state index contributed by atoms with van der Waals surface area (Å²) in [5.41, 5.74) is 4.75. The summed E-state index contributed by atoms with van der Waals surface area (Å²) in [6.45, 7) is 6.12. The van der Waals surface area contributed by atoms with Gasteiger partial charge in [-0.25, -0.2) is 0 Å². The molecule has 1 heterocycles. The van der Waals surface area contributed by atoms with Crippen molar-refractivity contribution >= 4 is 34.5 Å². The molecule has 94 valence electrons. The van der Waals surface area contributed by atoms with Crippen molar-refractivity contribution in [2.45, 2.75) is 33.7 Å². The summed E-state index contributed by atoms with van der Waals surface area (Å²) in [7, 11) is 0. The molecule has 0 fully saturated rings. The van der Waals surface area contributed by atoms with E-state index in [1.165, 1.54) is 4.88 Å². The van der Waals surface area contributed by atoms with Gasteiger partial charge < -0.3 is 11.1 Å². The third kappa shape index (κ3) is 3.51. The number of nitrogens with two attached hydrogens (primary N) is 1. The number of carbonyl (C=O) groups excluding carboxylic acids is 1. The molecular weight excluding hydrogens is 252 g/mol. The van der Waals surface area contributed by atoms with Crippen molar-refractivity contribution in [1.29, 1.82) is 0 Å². The fourth-order valence-electron chi connectivity index (χ4n) is 1.21. The van der Waals surface area contributed by atoms with Crippen molar-refractivity contribution in [3.05, 3.63) is 21.9 Å². The van der Waals surface area contributed by atoms with E-state index < -0.39 is 5.41 Å². The fraction of sp³-hybridized carbons (Fsp3) is 0.500.